The summed E-state index contributed by atoms with van der Waals surface area (Å²) < 4.78 is 4.79. The number of aromatic nitrogens is 4. The lowest BCUT2D eigenvalue weighted by molar-refractivity contribution is -0.138. The predicted octanol–water partition coefficient (Wildman–Crippen LogP) is 7.11. The minimum atomic E-state index is -0.699. The number of thioether (sulfide) groups is 1. The van der Waals surface area contributed by atoms with Gasteiger partial charge in [0, 0.05) is 37.1 Å². The van der Waals surface area contributed by atoms with E-state index in [1.165, 1.54) is 14.0 Å². The van der Waals surface area contributed by atoms with Crippen LogP contribution in [0, 0.1) is 11.8 Å². The molecule has 7 rings (SSSR count). The van der Waals surface area contributed by atoms with Crippen molar-refractivity contribution in [1.82, 2.24) is 40.4 Å². The molecule has 0 unspecified atom stereocenters. The summed E-state index contributed by atoms with van der Waals surface area (Å²) in [6.45, 7) is 10.3. The van der Waals surface area contributed by atoms with Crippen molar-refractivity contribution in [3.05, 3.63) is 84.7 Å². The summed E-state index contributed by atoms with van der Waals surface area (Å²) in [6, 6.07) is 19.5. The molecule has 14 heteroatoms. The number of likely N-dealkylation sites (tertiary alicyclic amines) is 1. The van der Waals surface area contributed by atoms with E-state index in [0.717, 1.165) is 74.7 Å². The van der Waals surface area contributed by atoms with Crippen molar-refractivity contribution in [3.63, 3.8) is 0 Å². The summed E-state index contributed by atoms with van der Waals surface area (Å²) >= 11 is 1.78. The molecule has 3 aromatic carbocycles. The molecule has 304 valence electrons. The lowest BCUT2D eigenvalue weighted by Crippen LogP contribution is -2.54. The van der Waals surface area contributed by atoms with E-state index in [9.17, 15) is 19.2 Å². The van der Waals surface area contributed by atoms with E-state index in [4.69, 9.17) is 14.7 Å². The predicted molar refractivity (Wildman–Crippen MR) is 227 cm³/mol. The van der Waals surface area contributed by atoms with Crippen LogP contribution in [-0.2, 0) is 19.1 Å². The maximum absolute atomic E-state index is 13.7. The van der Waals surface area contributed by atoms with E-state index in [1.807, 2.05) is 49.9 Å². The zero-order chi connectivity index (χ0) is 41.1. The van der Waals surface area contributed by atoms with Crippen molar-refractivity contribution in [3.8, 4) is 33.6 Å². The highest BCUT2D eigenvalue weighted by molar-refractivity contribution is 7.99. The molecule has 0 spiro atoms. The van der Waals surface area contributed by atoms with E-state index in [-0.39, 0.29) is 41.6 Å². The zero-order valence-electron chi connectivity index (χ0n) is 33.9. The zero-order valence-corrected chi connectivity index (χ0v) is 34.7. The van der Waals surface area contributed by atoms with Gasteiger partial charge < -0.3 is 35.1 Å². The van der Waals surface area contributed by atoms with Gasteiger partial charge in [0.25, 0.3) is 0 Å². The average molecular weight is 805 g/mol. The highest BCUT2D eigenvalue weighted by Crippen LogP contribution is 2.35. The minimum Gasteiger partial charge on any atom is -0.453 e. The van der Waals surface area contributed by atoms with Gasteiger partial charge in [-0.3, -0.25) is 14.4 Å². The first-order chi connectivity index (χ1) is 27.9. The molecule has 0 saturated carbocycles. The molecule has 2 aromatic heterocycles. The van der Waals surface area contributed by atoms with Crippen LogP contribution in [0.1, 0.15) is 71.2 Å². The Morgan fingerprint density at radius 2 is 1.26 bits per heavy atom. The summed E-state index contributed by atoms with van der Waals surface area (Å²) in [5.74, 6) is 2.43. The van der Waals surface area contributed by atoms with E-state index in [1.54, 1.807) is 11.8 Å². The third kappa shape index (κ3) is 8.62. The molecular weight excluding hydrogens is 753 g/mol. The topological polar surface area (TPSA) is 165 Å². The number of rotatable bonds is 11. The number of amides is 4. The lowest BCUT2D eigenvalue weighted by Gasteiger charge is -2.37. The first kappa shape index (κ1) is 40.6. The second-order valence-corrected chi connectivity index (χ2v) is 17.0. The van der Waals surface area contributed by atoms with Gasteiger partial charge in [-0.15, -0.1) is 0 Å². The van der Waals surface area contributed by atoms with Crippen LogP contribution in [0.15, 0.2) is 73.1 Å². The van der Waals surface area contributed by atoms with Crippen molar-refractivity contribution in [2.75, 3.05) is 31.7 Å². The van der Waals surface area contributed by atoms with Crippen LogP contribution in [0.2, 0.25) is 0 Å². The van der Waals surface area contributed by atoms with E-state index in [0.29, 0.717) is 18.8 Å². The molecule has 4 N–H and O–H groups in total. The van der Waals surface area contributed by atoms with Gasteiger partial charge in [-0.25, -0.2) is 14.8 Å². The number of nitrogens with zero attached hydrogens (tertiary/aromatic N) is 4. The van der Waals surface area contributed by atoms with Gasteiger partial charge in [0.05, 0.1) is 43.0 Å². The minimum absolute atomic E-state index is 0.0263. The van der Waals surface area contributed by atoms with E-state index >= 15 is 0 Å². The van der Waals surface area contributed by atoms with Crippen molar-refractivity contribution < 1.29 is 23.9 Å². The number of carbonyl (C=O) groups is 4. The fourth-order valence-electron chi connectivity index (χ4n) is 7.94. The molecule has 0 bridgehead atoms. The van der Waals surface area contributed by atoms with Gasteiger partial charge >= 0.3 is 6.09 Å². The number of H-pyrrole nitrogens is 2. The Kier molecular flexibility index (Phi) is 12.2. The van der Waals surface area contributed by atoms with Crippen LogP contribution in [0.25, 0.3) is 44.4 Å². The second kappa shape index (κ2) is 17.5. The molecule has 0 aliphatic carbocycles. The normalized spacial score (nSPS) is 18.1. The molecule has 4 heterocycles. The summed E-state index contributed by atoms with van der Waals surface area (Å²) in [7, 11) is 1.30. The molecule has 2 fully saturated rings. The Bertz CT molecular complexity index is 2280. The average Bonchev–Trinajstić information content (AvgIpc) is 4.03. The van der Waals surface area contributed by atoms with Crippen molar-refractivity contribution >= 4 is 46.3 Å². The second-order valence-electron chi connectivity index (χ2n) is 15.8. The molecule has 4 amide bonds. The number of aromatic amines is 2. The molecule has 2 aliphatic rings. The number of fused-ring (bicyclic) bond motifs is 1. The summed E-state index contributed by atoms with van der Waals surface area (Å²) in [4.78, 5) is 71.2. The van der Waals surface area contributed by atoms with Gasteiger partial charge in [0.15, 0.2) is 0 Å². The van der Waals surface area contributed by atoms with Gasteiger partial charge in [-0.1, -0.05) is 76.2 Å². The summed E-state index contributed by atoms with van der Waals surface area (Å²) in [5.41, 5.74) is 5.93. The number of imidazole rings is 2. The van der Waals surface area contributed by atoms with Gasteiger partial charge in [0.2, 0.25) is 17.7 Å². The Morgan fingerprint density at radius 1 is 0.724 bits per heavy atom. The molecule has 5 aromatic rings. The van der Waals surface area contributed by atoms with Crippen LogP contribution in [0.5, 0.6) is 0 Å². The number of hydrogen-bond acceptors (Lipinski definition) is 8. The number of carbonyl (C=O) groups excluding carboxylic acids is 4. The first-order valence-electron chi connectivity index (χ1n) is 20.0. The van der Waals surface area contributed by atoms with Crippen molar-refractivity contribution in [2.45, 2.75) is 71.6 Å². The van der Waals surface area contributed by atoms with Crippen LogP contribution >= 0.6 is 11.8 Å². The maximum atomic E-state index is 13.7. The fraction of sp³-hybridized carbons (Fsp3) is 0.409. The smallest absolute Gasteiger partial charge is 0.407 e. The fourth-order valence-corrected chi connectivity index (χ4v) is 8.99. The number of nitrogens with one attached hydrogen (secondary N) is 4. The molecule has 2 saturated heterocycles. The van der Waals surface area contributed by atoms with Gasteiger partial charge in [-0.2, -0.15) is 11.8 Å². The van der Waals surface area contributed by atoms with E-state index < -0.39 is 18.2 Å². The molecular formula is C44H52N8O5S. The number of ether oxygens (including phenoxy) is 1. The standard InChI is InChI=1S/C44H52N8O5S/c1-25(2)38(47-27(5)53)42(54)51-17-7-8-36(51)40-45-22-34(48-40)29-11-9-28(10-12-29)30-13-14-32-21-33(16-15-31(32)20-30)35-23-46-41(49-35)37-24-58-19-18-52(37)43(55)39(26(3)4)50-44(56)57-6/h9-16,20-23,25-26,36-39H,7-8,17-19,24H2,1-6H3,(H,45,48)(H,46,49)(H,47,53)(H,50,56)/t36-,37-,38-,39-/m0/s1. The highest BCUT2D eigenvalue weighted by atomic mass is 32.2. The summed E-state index contributed by atoms with van der Waals surface area (Å²) in [6.07, 6.45) is 4.72. The maximum Gasteiger partial charge on any atom is 0.407 e. The van der Waals surface area contributed by atoms with Crippen LogP contribution < -0.4 is 10.6 Å². The van der Waals surface area contributed by atoms with Crippen molar-refractivity contribution in [2.24, 2.45) is 11.8 Å². The third-order valence-corrected chi connectivity index (χ3v) is 12.2. The lowest BCUT2D eigenvalue weighted by atomic mass is 9.98. The number of benzene rings is 3. The Hall–Kier alpha value is -5.63. The Labute approximate surface area is 343 Å². The quantitative estimate of drug-likeness (QED) is 0.110. The highest BCUT2D eigenvalue weighted by Gasteiger charge is 2.38. The number of alkyl carbamates (subject to hydrolysis) is 1. The molecule has 0 radical (unpaired) electrons. The SMILES string of the molecule is COC(=O)N[C@H](C(=O)N1CCSC[C@H]1c1ncc(-c2ccc3cc(-c4ccc(-c5cnc([C@@H]6CCCN6C(=O)[C@@H](NC(C)=O)C(C)C)[nH]5)cc4)ccc3c2)[nH]1)C(C)C. The van der Waals surface area contributed by atoms with Gasteiger partial charge in [0.1, 0.15) is 23.7 Å². The molecule has 13 nitrogen and oxygen atoms in total. The molecule has 2 aliphatic heterocycles. The van der Waals surface area contributed by atoms with Crippen molar-refractivity contribution in [1.29, 1.82) is 0 Å². The Balaban J connectivity index is 1.04. The third-order valence-electron chi connectivity index (χ3n) is 11.1. The monoisotopic (exact) mass is 804 g/mol. The number of hydrogen-bond donors (Lipinski definition) is 4. The molecule has 58 heavy (non-hydrogen) atoms. The van der Waals surface area contributed by atoms with Crippen LogP contribution in [0.3, 0.4) is 0 Å². The van der Waals surface area contributed by atoms with Crippen LogP contribution in [-0.4, -0.2) is 97.3 Å². The Morgan fingerprint density at radius 3 is 1.88 bits per heavy atom. The van der Waals surface area contributed by atoms with E-state index in [2.05, 4.69) is 81.3 Å². The largest absolute Gasteiger partial charge is 0.453 e. The number of methoxy groups -OCH3 is 1. The van der Waals surface area contributed by atoms with Gasteiger partial charge in [-0.05, 0) is 64.3 Å². The molecule has 4 atom stereocenters. The van der Waals surface area contributed by atoms with Crippen LogP contribution in [0.4, 0.5) is 4.79 Å². The first-order valence-corrected chi connectivity index (χ1v) is 21.1. The summed E-state index contributed by atoms with van der Waals surface area (Å²) in [5, 5.41) is 7.75.